The Kier molecular flexibility index (Phi) is 3.76. The number of aromatic nitrogens is 2. The zero-order valence-electron chi connectivity index (χ0n) is 16.2. The molecule has 5 aromatic rings. The van der Waals surface area contributed by atoms with E-state index >= 15 is 0 Å². The number of pyridine rings is 1. The second-order valence-corrected chi connectivity index (χ2v) is 7.99. The third-order valence-corrected chi connectivity index (χ3v) is 6.28. The van der Waals surface area contributed by atoms with Crippen LogP contribution in [0, 0.1) is 0 Å². The number of aromatic amines is 1. The first-order valence-corrected chi connectivity index (χ1v) is 10.4. The van der Waals surface area contributed by atoms with E-state index < -0.39 is 0 Å². The molecule has 1 N–H and O–H groups in total. The van der Waals surface area contributed by atoms with Crippen molar-refractivity contribution in [1.29, 1.82) is 0 Å². The summed E-state index contributed by atoms with van der Waals surface area (Å²) in [5.41, 5.74) is 8.90. The van der Waals surface area contributed by atoms with Crippen LogP contribution in [0.3, 0.4) is 0 Å². The molecule has 1 aliphatic rings. The molecule has 1 aliphatic carbocycles. The summed E-state index contributed by atoms with van der Waals surface area (Å²) >= 11 is 0. The van der Waals surface area contributed by atoms with E-state index in [1.165, 1.54) is 50.8 Å². The standard InChI is InChI=1S/C27H22N2/c1-2-9-18(10-3-1)27-26(21-12-5-7-15-24(21)29-27)20-13-8-16-25-22(20)17-19-11-4-6-14-23(19)28-25/h1-7,9-12,14-15,17,20,29H,8,13,16H2. The van der Waals surface area contributed by atoms with Crippen molar-refractivity contribution in [2.75, 3.05) is 0 Å². The quantitative estimate of drug-likeness (QED) is 0.359. The summed E-state index contributed by atoms with van der Waals surface area (Å²) < 4.78 is 0. The van der Waals surface area contributed by atoms with Gasteiger partial charge in [0.15, 0.2) is 0 Å². The molecule has 2 aromatic heterocycles. The fraction of sp³-hybridized carbons (Fsp3) is 0.148. The fourth-order valence-electron chi connectivity index (χ4n) is 4.96. The molecule has 1 atom stereocenters. The number of hydrogen-bond donors (Lipinski definition) is 1. The van der Waals surface area contributed by atoms with Crippen LogP contribution >= 0.6 is 0 Å². The Morgan fingerprint density at radius 3 is 2.55 bits per heavy atom. The lowest BCUT2D eigenvalue weighted by Crippen LogP contribution is -2.13. The van der Waals surface area contributed by atoms with E-state index in [2.05, 4.69) is 89.9 Å². The number of hydrogen-bond acceptors (Lipinski definition) is 1. The molecule has 0 fully saturated rings. The third-order valence-electron chi connectivity index (χ3n) is 6.28. The Labute approximate surface area is 170 Å². The number of rotatable bonds is 2. The predicted molar refractivity (Wildman–Crippen MR) is 120 cm³/mol. The molecule has 0 aliphatic heterocycles. The Morgan fingerprint density at radius 2 is 1.62 bits per heavy atom. The SMILES string of the molecule is c1ccc(-c2[nH]c3ccccc3c2C2CCCc3nc4ccccc4cc32)cc1. The van der Waals surface area contributed by atoms with Crippen molar-refractivity contribution >= 4 is 21.8 Å². The first-order valence-electron chi connectivity index (χ1n) is 10.4. The number of aryl methyl sites for hydroxylation is 1. The van der Waals surface area contributed by atoms with Crippen LogP contribution in [-0.4, -0.2) is 9.97 Å². The first-order chi connectivity index (χ1) is 14.4. The lowest BCUT2D eigenvalue weighted by atomic mass is 9.78. The number of fused-ring (bicyclic) bond motifs is 3. The Hall–Kier alpha value is -3.39. The van der Waals surface area contributed by atoms with Crippen LogP contribution < -0.4 is 0 Å². The minimum Gasteiger partial charge on any atom is -0.354 e. The molecule has 29 heavy (non-hydrogen) atoms. The summed E-state index contributed by atoms with van der Waals surface area (Å²) in [6.45, 7) is 0. The normalized spacial score (nSPS) is 16.2. The molecule has 6 rings (SSSR count). The average molecular weight is 374 g/mol. The number of nitrogens with zero attached hydrogens (tertiary/aromatic N) is 1. The van der Waals surface area contributed by atoms with Gasteiger partial charge in [0.05, 0.1) is 11.2 Å². The summed E-state index contributed by atoms with van der Waals surface area (Å²) in [7, 11) is 0. The number of benzene rings is 3. The van der Waals surface area contributed by atoms with Crippen LogP contribution in [0.2, 0.25) is 0 Å². The average Bonchev–Trinajstić information content (AvgIpc) is 3.17. The molecule has 1 unspecified atom stereocenters. The molecule has 0 amide bonds. The Morgan fingerprint density at radius 1 is 0.828 bits per heavy atom. The van der Waals surface area contributed by atoms with Crippen molar-refractivity contribution in [3.63, 3.8) is 0 Å². The minimum atomic E-state index is 0.363. The van der Waals surface area contributed by atoms with Gasteiger partial charge in [-0.15, -0.1) is 0 Å². The van der Waals surface area contributed by atoms with E-state index in [-0.39, 0.29) is 0 Å². The van der Waals surface area contributed by atoms with E-state index in [9.17, 15) is 0 Å². The van der Waals surface area contributed by atoms with Gasteiger partial charge >= 0.3 is 0 Å². The van der Waals surface area contributed by atoms with E-state index in [1.54, 1.807) is 0 Å². The Bertz CT molecular complexity index is 1330. The third kappa shape index (κ3) is 2.67. The minimum absolute atomic E-state index is 0.363. The molecule has 2 heteroatoms. The molecule has 0 saturated carbocycles. The highest BCUT2D eigenvalue weighted by Gasteiger charge is 2.28. The second kappa shape index (κ2) is 6.59. The van der Waals surface area contributed by atoms with Crippen LogP contribution in [0.5, 0.6) is 0 Å². The van der Waals surface area contributed by atoms with Gasteiger partial charge in [-0.25, -0.2) is 0 Å². The zero-order chi connectivity index (χ0) is 19.2. The molecule has 3 aromatic carbocycles. The molecule has 0 bridgehead atoms. The van der Waals surface area contributed by atoms with E-state index in [0.717, 1.165) is 18.4 Å². The van der Waals surface area contributed by atoms with Crippen molar-refractivity contribution in [3.05, 3.63) is 102 Å². The lowest BCUT2D eigenvalue weighted by molar-refractivity contribution is 0.609. The van der Waals surface area contributed by atoms with E-state index in [4.69, 9.17) is 4.98 Å². The molecule has 0 radical (unpaired) electrons. The second-order valence-electron chi connectivity index (χ2n) is 7.99. The van der Waals surface area contributed by atoms with Crippen LogP contribution in [0.1, 0.15) is 35.6 Å². The van der Waals surface area contributed by atoms with Gasteiger partial charge in [-0.05, 0) is 54.2 Å². The van der Waals surface area contributed by atoms with E-state index in [1.807, 2.05) is 0 Å². The van der Waals surface area contributed by atoms with Crippen molar-refractivity contribution in [2.24, 2.45) is 0 Å². The summed E-state index contributed by atoms with van der Waals surface area (Å²) in [6.07, 6.45) is 3.41. The van der Waals surface area contributed by atoms with Gasteiger partial charge in [0.2, 0.25) is 0 Å². The summed E-state index contributed by atoms with van der Waals surface area (Å²) in [5.74, 6) is 0.363. The fourth-order valence-corrected chi connectivity index (χ4v) is 4.96. The zero-order valence-corrected chi connectivity index (χ0v) is 16.2. The van der Waals surface area contributed by atoms with Crippen molar-refractivity contribution in [2.45, 2.75) is 25.2 Å². The largest absolute Gasteiger partial charge is 0.354 e. The summed E-state index contributed by atoms with van der Waals surface area (Å²) in [6, 6.07) is 30.3. The van der Waals surface area contributed by atoms with Crippen LogP contribution in [-0.2, 0) is 6.42 Å². The van der Waals surface area contributed by atoms with Gasteiger partial charge in [0.1, 0.15) is 0 Å². The van der Waals surface area contributed by atoms with Crippen LogP contribution in [0.25, 0.3) is 33.1 Å². The molecular weight excluding hydrogens is 352 g/mol. The Balaban J connectivity index is 1.63. The number of para-hydroxylation sites is 2. The molecule has 0 saturated heterocycles. The highest BCUT2D eigenvalue weighted by Crippen LogP contribution is 2.44. The van der Waals surface area contributed by atoms with Gasteiger partial charge in [-0.1, -0.05) is 66.7 Å². The van der Waals surface area contributed by atoms with Gasteiger partial charge in [0, 0.05) is 27.9 Å². The first kappa shape index (κ1) is 16.6. The smallest absolute Gasteiger partial charge is 0.0705 e. The monoisotopic (exact) mass is 374 g/mol. The van der Waals surface area contributed by atoms with Crippen LogP contribution in [0.4, 0.5) is 0 Å². The summed E-state index contributed by atoms with van der Waals surface area (Å²) in [4.78, 5) is 8.77. The maximum absolute atomic E-state index is 5.05. The van der Waals surface area contributed by atoms with Crippen molar-refractivity contribution in [1.82, 2.24) is 9.97 Å². The van der Waals surface area contributed by atoms with Crippen molar-refractivity contribution < 1.29 is 0 Å². The molecule has 2 heterocycles. The molecule has 140 valence electrons. The van der Waals surface area contributed by atoms with Gasteiger partial charge in [-0.3, -0.25) is 4.98 Å². The molecule has 2 nitrogen and oxygen atoms in total. The van der Waals surface area contributed by atoms with Gasteiger partial charge in [0.25, 0.3) is 0 Å². The lowest BCUT2D eigenvalue weighted by Gasteiger charge is -2.26. The van der Waals surface area contributed by atoms with Crippen LogP contribution in [0.15, 0.2) is 84.9 Å². The number of nitrogens with one attached hydrogen (secondary N) is 1. The molecular formula is C27H22N2. The maximum Gasteiger partial charge on any atom is 0.0705 e. The van der Waals surface area contributed by atoms with Gasteiger partial charge in [-0.2, -0.15) is 0 Å². The van der Waals surface area contributed by atoms with E-state index in [0.29, 0.717) is 5.92 Å². The molecule has 0 spiro atoms. The van der Waals surface area contributed by atoms with Gasteiger partial charge < -0.3 is 4.98 Å². The maximum atomic E-state index is 5.05. The topological polar surface area (TPSA) is 28.7 Å². The number of H-pyrrole nitrogens is 1. The highest BCUT2D eigenvalue weighted by molar-refractivity contribution is 5.92. The predicted octanol–water partition coefficient (Wildman–Crippen LogP) is 6.85. The summed E-state index contributed by atoms with van der Waals surface area (Å²) in [5, 5.41) is 2.57. The highest BCUT2D eigenvalue weighted by atomic mass is 14.7. The van der Waals surface area contributed by atoms with Crippen molar-refractivity contribution in [3.8, 4) is 11.3 Å².